The number of carbonyl (C=O) groups excluding carboxylic acids is 1. The standard InChI is InChI=1S/C17H9ClF3N5O2S2/c18-13-11(23-25-30-13)8-28-16(27)14-22-15(12-5-2-6-29-12)26(24-14)10-4-1-3-9(7-10)17(19,20)21/h1-7H,8H2. The van der Waals surface area contributed by atoms with Crippen LogP contribution in [0.4, 0.5) is 13.2 Å². The molecule has 0 aliphatic rings. The van der Waals surface area contributed by atoms with Crippen LogP contribution in [0.2, 0.25) is 4.34 Å². The fourth-order valence-corrected chi connectivity index (χ4v) is 3.74. The number of esters is 1. The molecule has 0 atom stereocenters. The van der Waals surface area contributed by atoms with Gasteiger partial charge >= 0.3 is 12.1 Å². The second-order valence-electron chi connectivity index (χ2n) is 5.77. The lowest BCUT2D eigenvalue weighted by Crippen LogP contribution is -2.09. The third-order valence-corrected chi connectivity index (χ3v) is 5.65. The van der Waals surface area contributed by atoms with Crippen LogP contribution < -0.4 is 0 Å². The van der Waals surface area contributed by atoms with E-state index in [9.17, 15) is 18.0 Å². The van der Waals surface area contributed by atoms with Crippen LogP contribution in [0.1, 0.15) is 21.9 Å². The first-order chi connectivity index (χ1) is 14.3. The summed E-state index contributed by atoms with van der Waals surface area (Å²) >= 11 is 8.12. The van der Waals surface area contributed by atoms with Gasteiger partial charge in [-0.05, 0) is 29.6 Å². The summed E-state index contributed by atoms with van der Waals surface area (Å²) in [7, 11) is 0. The van der Waals surface area contributed by atoms with E-state index in [0.717, 1.165) is 23.7 Å². The maximum absolute atomic E-state index is 13.1. The molecular weight excluding hydrogens is 463 g/mol. The Morgan fingerprint density at radius 2 is 2.07 bits per heavy atom. The SMILES string of the molecule is O=C(OCc1nnsc1Cl)c1nc(-c2cccs2)n(-c2cccc(C(F)(F)F)c2)n1. The first kappa shape index (κ1) is 20.4. The van der Waals surface area contributed by atoms with Gasteiger partial charge in [-0.3, -0.25) is 0 Å². The molecule has 0 saturated carbocycles. The highest BCUT2D eigenvalue weighted by Gasteiger charge is 2.31. The molecule has 1 aromatic carbocycles. The molecule has 154 valence electrons. The predicted molar refractivity (Wildman–Crippen MR) is 104 cm³/mol. The Morgan fingerprint density at radius 3 is 2.73 bits per heavy atom. The minimum atomic E-state index is -4.53. The Morgan fingerprint density at radius 1 is 1.23 bits per heavy atom. The number of halogens is 4. The van der Waals surface area contributed by atoms with Gasteiger partial charge in [-0.2, -0.15) is 18.2 Å². The highest BCUT2D eigenvalue weighted by Crippen LogP contribution is 2.32. The molecule has 0 aliphatic heterocycles. The number of nitrogens with zero attached hydrogens (tertiary/aromatic N) is 5. The van der Waals surface area contributed by atoms with E-state index in [4.69, 9.17) is 16.3 Å². The van der Waals surface area contributed by atoms with Gasteiger partial charge in [-0.15, -0.1) is 21.5 Å². The van der Waals surface area contributed by atoms with Crippen LogP contribution in [0, 0.1) is 0 Å². The van der Waals surface area contributed by atoms with Gasteiger partial charge in [0, 0.05) is 11.5 Å². The van der Waals surface area contributed by atoms with Crippen LogP contribution in [-0.2, 0) is 17.5 Å². The lowest BCUT2D eigenvalue weighted by molar-refractivity contribution is -0.137. The first-order valence-electron chi connectivity index (χ1n) is 8.15. The maximum Gasteiger partial charge on any atom is 0.416 e. The van der Waals surface area contributed by atoms with Crippen LogP contribution >= 0.6 is 34.5 Å². The smallest absolute Gasteiger partial charge is 0.416 e. The minimum absolute atomic E-state index is 0.103. The molecule has 0 N–H and O–H groups in total. The van der Waals surface area contributed by atoms with Gasteiger partial charge in [0.1, 0.15) is 16.6 Å². The summed E-state index contributed by atoms with van der Waals surface area (Å²) in [6, 6.07) is 8.05. The van der Waals surface area contributed by atoms with Crippen molar-refractivity contribution in [2.75, 3.05) is 0 Å². The van der Waals surface area contributed by atoms with Crippen LogP contribution in [0.25, 0.3) is 16.4 Å². The van der Waals surface area contributed by atoms with Crippen molar-refractivity contribution in [2.24, 2.45) is 0 Å². The van der Waals surface area contributed by atoms with Crippen LogP contribution in [0.5, 0.6) is 0 Å². The van der Waals surface area contributed by atoms with Gasteiger partial charge < -0.3 is 4.74 Å². The fraction of sp³-hybridized carbons (Fsp3) is 0.118. The Balaban J connectivity index is 1.69. The number of rotatable bonds is 5. The number of hydrogen-bond donors (Lipinski definition) is 0. The summed E-state index contributed by atoms with van der Waals surface area (Å²) in [4.78, 5) is 17.2. The molecule has 0 unspecified atom stereocenters. The number of ether oxygens (including phenoxy) is 1. The molecule has 0 amide bonds. The molecule has 3 aromatic heterocycles. The van der Waals surface area contributed by atoms with E-state index < -0.39 is 17.7 Å². The van der Waals surface area contributed by atoms with Crippen molar-refractivity contribution in [3.05, 3.63) is 63.2 Å². The maximum atomic E-state index is 13.1. The van der Waals surface area contributed by atoms with Gasteiger partial charge in [-0.25, -0.2) is 9.48 Å². The fourth-order valence-electron chi connectivity index (χ4n) is 2.44. The zero-order valence-electron chi connectivity index (χ0n) is 14.6. The Labute approximate surface area is 179 Å². The number of thiophene rings is 1. The predicted octanol–water partition coefficient (Wildman–Crippen LogP) is 4.88. The second-order valence-corrected chi connectivity index (χ2v) is 8.07. The lowest BCUT2D eigenvalue weighted by Gasteiger charge is -2.09. The molecule has 30 heavy (non-hydrogen) atoms. The van der Waals surface area contributed by atoms with Gasteiger partial charge in [-0.1, -0.05) is 28.2 Å². The van der Waals surface area contributed by atoms with E-state index in [0.29, 0.717) is 4.88 Å². The molecule has 4 rings (SSSR count). The van der Waals surface area contributed by atoms with Gasteiger partial charge in [0.25, 0.3) is 5.82 Å². The summed E-state index contributed by atoms with van der Waals surface area (Å²) in [5.41, 5.74) is -0.459. The third-order valence-electron chi connectivity index (χ3n) is 3.80. The summed E-state index contributed by atoms with van der Waals surface area (Å²) in [6.07, 6.45) is -4.53. The largest absolute Gasteiger partial charge is 0.453 e. The molecular formula is C17H9ClF3N5O2S2. The van der Waals surface area contributed by atoms with Crippen molar-refractivity contribution < 1.29 is 22.7 Å². The van der Waals surface area contributed by atoms with Crippen molar-refractivity contribution in [3.63, 3.8) is 0 Å². The van der Waals surface area contributed by atoms with Crippen molar-refractivity contribution in [3.8, 4) is 16.4 Å². The van der Waals surface area contributed by atoms with E-state index >= 15 is 0 Å². The van der Waals surface area contributed by atoms with Gasteiger partial charge in [0.15, 0.2) is 5.82 Å². The average Bonchev–Trinajstić information content (AvgIpc) is 3.46. The first-order valence-corrected chi connectivity index (χ1v) is 10.2. The Bertz CT molecular complexity index is 1190. The zero-order valence-corrected chi connectivity index (χ0v) is 17.0. The summed E-state index contributed by atoms with van der Waals surface area (Å²) in [5, 5.41) is 9.59. The van der Waals surface area contributed by atoms with E-state index in [1.807, 2.05) is 0 Å². The molecule has 0 aliphatic carbocycles. The van der Waals surface area contributed by atoms with Crippen molar-refractivity contribution in [2.45, 2.75) is 12.8 Å². The molecule has 4 aromatic rings. The minimum Gasteiger partial charge on any atom is -0.453 e. The molecule has 0 radical (unpaired) electrons. The molecule has 7 nitrogen and oxygen atoms in total. The van der Waals surface area contributed by atoms with Gasteiger partial charge in [0.2, 0.25) is 0 Å². The molecule has 0 bridgehead atoms. The topological polar surface area (TPSA) is 82.8 Å². The van der Waals surface area contributed by atoms with E-state index in [1.54, 1.807) is 17.5 Å². The van der Waals surface area contributed by atoms with Crippen LogP contribution in [0.3, 0.4) is 0 Å². The van der Waals surface area contributed by atoms with Crippen molar-refractivity contribution >= 4 is 40.4 Å². The molecule has 3 heterocycles. The molecule has 0 fully saturated rings. The average molecular weight is 472 g/mol. The van der Waals surface area contributed by atoms with Crippen LogP contribution in [0.15, 0.2) is 41.8 Å². The zero-order chi connectivity index (χ0) is 21.3. The molecule has 13 heteroatoms. The quantitative estimate of drug-likeness (QED) is 0.386. The number of benzene rings is 1. The summed E-state index contributed by atoms with van der Waals surface area (Å²) in [6.45, 7) is -0.236. The van der Waals surface area contributed by atoms with Crippen molar-refractivity contribution in [1.29, 1.82) is 0 Å². The van der Waals surface area contributed by atoms with Crippen LogP contribution in [-0.4, -0.2) is 30.3 Å². The van der Waals surface area contributed by atoms with E-state index in [1.165, 1.54) is 28.2 Å². The Kier molecular flexibility index (Phi) is 5.54. The highest BCUT2D eigenvalue weighted by molar-refractivity contribution is 7.13. The third kappa shape index (κ3) is 4.20. The van der Waals surface area contributed by atoms with E-state index in [-0.39, 0.29) is 34.0 Å². The number of hydrogen-bond acceptors (Lipinski definition) is 8. The lowest BCUT2D eigenvalue weighted by atomic mass is 10.2. The molecule has 0 spiro atoms. The van der Waals surface area contributed by atoms with Gasteiger partial charge in [0.05, 0.1) is 16.1 Å². The number of aromatic nitrogens is 5. The summed E-state index contributed by atoms with van der Waals surface area (Å²) < 4.78 is 49.6. The number of alkyl halides is 3. The second kappa shape index (κ2) is 8.13. The highest BCUT2D eigenvalue weighted by atomic mass is 35.5. The summed E-state index contributed by atoms with van der Waals surface area (Å²) in [5.74, 6) is -0.970. The number of carbonyl (C=O) groups is 1. The monoisotopic (exact) mass is 471 g/mol. The normalized spacial score (nSPS) is 11.6. The molecule has 0 saturated heterocycles. The van der Waals surface area contributed by atoms with Crippen molar-refractivity contribution in [1.82, 2.24) is 24.4 Å². The Hall–Kier alpha value is -2.83. The van der Waals surface area contributed by atoms with E-state index in [2.05, 4.69) is 19.7 Å².